The zero-order valence-corrected chi connectivity index (χ0v) is 14.3. The van der Waals surface area contributed by atoms with Gasteiger partial charge in [0.2, 0.25) is 0 Å². The van der Waals surface area contributed by atoms with Crippen molar-refractivity contribution in [1.82, 2.24) is 0 Å². The first-order valence-corrected chi connectivity index (χ1v) is 7.79. The number of carbonyl (C=O) groups excluding carboxylic acids is 2. The summed E-state index contributed by atoms with van der Waals surface area (Å²) in [5.41, 5.74) is -0.891. The highest BCUT2D eigenvalue weighted by atomic mass is 16.6. The van der Waals surface area contributed by atoms with Gasteiger partial charge in [0, 0.05) is 25.3 Å². The molecule has 0 bridgehead atoms. The van der Waals surface area contributed by atoms with E-state index in [-0.39, 0.29) is 5.58 Å². The second-order valence-electron chi connectivity index (χ2n) is 6.42. The van der Waals surface area contributed by atoms with Gasteiger partial charge in [0.05, 0.1) is 5.56 Å². The zero-order valence-electron chi connectivity index (χ0n) is 14.3. The molecule has 1 aliphatic heterocycles. The van der Waals surface area contributed by atoms with Crippen molar-refractivity contribution >= 4 is 22.9 Å². The average Bonchev–Trinajstić information content (AvgIpc) is 2.49. The molecule has 2 aromatic rings. The molecule has 0 amide bonds. The Balaban J connectivity index is 2.28. The van der Waals surface area contributed by atoms with Gasteiger partial charge in [-0.25, -0.2) is 4.79 Å². The van der Waals surface area contributed by atoms with E-state index >= 15 is 0 Å². The molecule has 3 rings (SSSR count). The summed E-state index contributed by atoms with van der Waals surface area (Å²) in [5.74, 6) is -0.688. The standard InChI is InChI=1S/C18H18O7/c1-9(19)22-16-14-12(25-18(3,4)17(16)23-10(2)20)7-5-11-6-8-13(21)24-15(11)14/h5-8,16-17H,1-4H3/t16-,17+/m1/s1. The maximum atomic E-state index is 11.7. The third-order valence-electron chi connectivity index (χ3n) is 3.99. The highest BCUT2D eigenvalue weighted by Crippen LogP contribution is 2.46. The largest absolute Gasteiger partial charge is 0.483 e. The molecule has 7 heteroatoms. The number of ether oxygens (including phenoxy) is 3. The Hall–Kier alpha value is -2.83. The van der Waals surface area contributed by atoms with E-state index in [2.05, 4.69) is 0 Å². The third kappa shape index (κ3) is 3.09. The number of hydrogen-bond donors (Lipinski definition) is 0. The van der Waals surface area contributed by atoms with Crippen molar-refractivity contribution in [2.24, 2.45) is 0 Å². The average molecular weight is 346 g/mol. The number of benzene rings is 1. The molecule has 7 nitrogen and oxygen atoms in total. The highest BCUT2D eigenvalue weighted by molar-refractivity contribution is 5.83. The Morgan fingerprint density at radius 2 is 1.68 bits per heavy atom. The topological polar surface area (TPSA) is 92.0 Å². The minimum Gasteiger partial charge on any atom is -0.483 e. The summed E-state index contributed by atoms with van der Waals surface area (Å²) in [7, 11) is 0. The molecular weight excluding hydrogens is 328 g/mol. The molecule has 0 aliphatic carbocycles. The predicted octanol–water partition coefficient (Wildman–Crippen LogP) is 2.50. The Labute approximate surface area is 143 Å². The number of hydrogen-bond acceptors (Lipinski definition) is 7. The minimum atomic E-state index is -0.964. The molecule has 0 radical (unpaired) electrons. The van der Waals surface area contributed by atoms with Crippen LogP contribution in [0.2, 0.25) is 0 Å². The molecule has 0 saturated carbocycles. The summed E-state index contributed by atoms with van der Waals surface area (Å²) < 4.78 is 22.1. The van der Waals surface area contributed by atoms with E-state index in [0.717, 1.165) is 0 Å². The maximum Gasteiger partial charge on any atom is 0.336 e. The lowest BCUT2D eigenvalue weighted by molar-refractivity contribution is -0.187. The second-order valence-corrected chi connectivity index (χ2v) is 6.42. The number of fused-ring (bicyclic) bond motifs is 3. The van der Waals surface area contributed by atoms with Crippen LogP contribution in [0.15, 0.2) is 33.5 Å². The van der Waals surface area contributed by atoms with Crippen molar-refractivity contribution in [3.8, 4) is 5.75 Å². The van der Waals surface area contributed by atoms with E-state index in [1.54, 1.807) is 32.0 Å². The van der Waals surface area contributed by atoms with Gasteiger partial charge < -0.3 is 18.6 Å². The van der Waals surface area contributed by atoms with Crippen molar-refractivity contribution in [2.75, 3.05) is 0 Å². The molecule has 2 atom stereocenters. The van der Waals surface area contributed by atoms with Gasteiger partial charge in [-0.05, 0) is 32.0 Å². The lowest BCUT2D eigenvalue weighted by Gasteiger charge is -2.43. The number of rotatable bonds is 2. The molecule has 1 aliphatic rings. The predicted molar refractivity (Wildman–Crippen MR) is 87.3 cm³/mol. The van der Waals surface area contributed by atoms with Crippen LogP contribution < -0.4 is 10.4 Å². The molecular formula is C18H18O7. The van der Waals surface area contributed by atoms with Gasteiger partial charge in [-0.15, -0.1) is 0 Å². The van der Waals surface area contributed by atoms with Gasteiger partial charge in [0.1, 0.15) is 16.9 Å². The van der Waals surface area contributed by atoms with Crippen molar-refractivity contribution in [3.63, 3.8) is 0 Å². The molecule has 2 heterocycles. The van der Waals surface area contributed by atoms with Gasteiger partial charge in [0.25, 0.3) is 0 Å². The highest BCUT2D eigenvalue weighted by Gasteiger charge is 2.49. The van der Waals surface area contributed by atoms with Crippen LogP contribution in [0, 0.1) is 0 Å². The fourth-order valence-corrected chi connectivity index (χ4v) is 3.03. The van der Waals surface area contributed by atoms with Crippen LogP contribution in [0.3, 0.4) is 0 Å². The van der Waals surface area contributed by atoms with Crippen LogP contribution in [0.4, 0.5) is 0 Å². The van der Waals surface area contributed by atoms with Crippen molar-refractivity contribution < 1.29 is 28.2 Å². The Kier molecular flexibility index (Phi) is 4.02. The molecule has 1 aromatic heterocycles. The maximum absolute atomic E-state index is 11.7. The van der Waals surface area contributed by atoms with E-state index in [1.165, 1.54) is 19.9 Å². The van der Waals surface area contributed by atoms with Gasteiger partial charge in [0.15, 0.2) is 12.2 Å². The van der Waals surface area contributed by atoms with E-state index < -0.39 is 35.4 Å². The fraction of sp³-hybridized carbons (Fsp3) is 0.389. The van der Waals surface area contributed by atoms with E-state index in [1.807, 2.05) is 0 Å². The molecule has 0 unspecified atom stereocenters. The summed E-state index contributed by atoms with van der Waals surface area (Å²) in [6.07, 6.45) is -1.87. The van der Waals surface area contributed by atoms with Crippen LogP contribution in [-0.4, -0.2) is 23.6 Å². The second kappa shape index (κ2) is 5.91. The Morgan fingerprint density at radius 1 is 1.04 bits per heavy atom. The monoisotopic (exact) mass is 346 g/mol. The van der Waals surface area contributed by atoms with E-state index in [0.29, 0.717) is 16.7 Å². The van der Waals surface area contributed by atoms with Crippen LogP contribution in [0.1, 0.15) is 39.4 Å². The first-order chi connectivity index (χ1) is 11.7. The normalized spacial score (nSPS) is 21.1. The fourth-order valence-electron chi connectivity index (χ4n) is 3.03. The molecule has 0 fully saturated rings. The van der Waals surface area contributed by atoms with E-state index in [4.69, 9.17) is 18.6 Å². The molecule has 0 spiro atoms. The SMILES string of the molecule is CC(=O)O[C@@H]1c2c(ccc3ccc(=O)oc23)OC(C)(C)[C@H]1OC(C)=O. The number of esters is 2. The molecule has 25 heavy (non-hydrogen) atoms. The molecule has 132 valence electrons. The van der Waals surface area contributed by atoms with Gasteiger partial charge in [-0.2, -0.15) is 0 Å². The zero-order chi connectivity index (χ0) is 18.4. The Bertz CT molecular complexity index is 909. The Morgan fingerprint density at radius 3 is 2.32 bits per heavy atom. The van der Waals surface area contributed by atoms with Crippen LogP contribution in [-0.2, 0) is 19.1 Å². The molecule has 0 N–H and O–H groups in total. The summed E-state index contributed by atoms with van der Waals surface area (Å²) in [5, 5.41) is 0.639. The molecule has 1 aromatic carbocycles. The van der Waals surface area contributed by atoms with Gasteiger partial charge in [-0.3, -0.25) is 9.59 Å². The quantitative estimate of drug-likeness (QED) is 0.609. The lowest BCUT2D eigenvalue weighted by atomic mass is 9.87. The van der Waals surface area contributed by atoms with Crippen molar-refractivity contribution in [1.29, 1.82) is 0 Å². The van der Waals surface area contributed by atoms with Gasteiger partial charge in [-0.1, -0.05) is 0 Å². The number of carbonyl (C=O) groups is 2. The lowest BCUT2D eigenvalue weighted by Crippen LogP contribution is -2.52. The smallest absolute Gasteiger partial charge is 0.336 e. The van der Waals surface area contributed by atoms with Crippen LogP contribution >= 0.6 is 0 Å². The first-order valence-electron chi connectivity index (χ1n) is 7.79. The summed E-state index contributed by atoms with van der Waals surface area (Å²) in [4.78, 5) is 34.9. The van der Waals surface area contributed by atoms with Crippen LogP contribution in [0.5, 0.6) is 5.75 Å². The minimum absolute atomic E-state index is 0.240. The third-order valence-corrected chi connectivity index (χ3v) is 3.99. The summed E-state index contributed by atoms with van der Waals surface area (Å²) in [6, 6.07) is 6.35. The van der Waals surface area contributed by atoms with Crippen LogP contribution in [0.25, 0.3) is 11.0 Å². The summed E-state index contributed by atoms with van der Waals surface area (Å²) in [6.45, 7) is 5.98. The van der Waals surface area contributed by atoms with Crippen molar-refractivity contribution in [3.05, 3.63) is 40.2 Å². The molecule has 0 saturated heterocycles. The van der Waals surface area contributed by atoms with Crippen molar-refractivity contribution in [2.45, 2.75) is 45.5 Å². The van der Waals surface area contributed by atoms with Gasteiger partial charge >= 0.3 is 17.6 Å². The summed E-state index contributed by atoms with van der Waals surface area (Å²) >= 11 is 0. The first kappa shape index (κ1) is 17.0. The van der Waals surface area contributed by atoms with E-state index in [9.17, 15) is 14.4 Å².